The molecule has 1 aromatic rings. The van der Waals surface area contributed by atoms with Gasteiger partial charge in [-0.1, -0.05) is 24.4 Å². The van der Waals surface area contributed by atoms with Crippen LogP contribution in [0.4, 0.5) is 5.69 Å². The second kappa shape index (κ2) is 8.21. The van der Waals surface area contributed by atoms with Gasteiger partial charge >= 0.3 is 0 Å². The average molecular weight is 373 g/mol. The van der Waals surface area contributed by atoms with Crippen molar-refractivity contribution in [1.82, 2.24) is 4.90 Å². The second-order valence-electron chi connectivity index (χ2n) is 6.31. The Balaban J connectivity index is 2.11. The molecular weight excluding hydrogens is 348 g/mol. The summed E-state index contributed by atoms with van der Waals surface area (Å²) in [6.07, 6.45) is 5.72. The Labute approximate surface area is 149 Å². The van der Waals surface area contributed by atoms with Gasteiger partial charge < -0.3 is 4.90 Å². The molecule has 2 rings (SSSR count). The van der Waals surface area contributed by atoms with Gasteiger partial charge in [-0.3, -0.25) is 9.10 Å². The third-order valence-electron chi connectivity index (χ3n) is 4.32. The summed E-state index contributed by atoms with van der Waals surface area (Å²) in [5, 5.41) is 0.561. The van der Waals surface area contributed by atoms with Gasteiger partial charge in [0.25, 0.3) is 0 Å². The van der Waals surface area contributed by atoms with E-state index in [1.807, 2.05) is 11.8 Å². The number of carbonyl (C=O) groups excluding carboxylic acids is 1. The number of hydrogen-bond donors (Lipinski definition) is 0. The fraction of sp³-hybridized carbons (Fsp3) is 0.588. The highest BCUT2D eigenvalue weighted by Gasteiger charge is 2.22. The number of carbonyl (C=O) groups is 1. The molecule has 1 aliphatic heterocycles. The molecule has 1 heterocycles. The van der Waals surface area contributed by atoms with E-state index in [0.29, 0.717) is 10.7 Å². The number of likely N-dealkylation sites (tertiary alicyclic amines) is 1. The molecule has 0 aromatic heterocycles. The summed E-state index contributed by atoms with van der Waals surface area (Å²) in [5.74, 6) is 0.0252. The number of rotatable bonds is 5. The molecule has 0 radical (unpaired) electrons. The molecule has 1 amide bonds. The van der Waals surface area contributed by atoms with Crippen molar-refractivity contribution < 1.29 is 13.2 Å². The van der Waals surface area contributed by atoms with E-state index in [1.54, 1.807) is 18.2 Å². The normalized spacial score (nSPS) is 15.9. The number of halogens is 1. The highest BCUT2D eigenvalue weighted by Crippen LogP contribution is 2.26. The fourth-order valence-corrected chi connectivity index (χ4v) is 4.25. The lowest BCUT2D eigenvalue weighted by atomic mass is 10.2. The van der Waals surface area contributed by atoms with Crippen molar-refractivity contribution >= 4 is 33.2 Å². The van der Waals surface area contributed by atoms with Crippen LogP contribution in [-0.2, 0) is 14.8 Å². The summed E-state index contributed by atoms with van der Waals surface area (Å²) < 4.78 is 25.7. The van der Waals surface area contributed by atoms with Crippen molar-refractivity contribution in [1.29, 1.82) is 0 Å². The van der Waals surface area contributed by atoms with E-state index in [1.165, 1.54) is 4.31 Å². The highest BCUT2D eigenvalue weighted by molar-refractivity contribution is 7.92. The monoisotopic (exact) mass is 372 g/mol. The Morgan fingerprint density at radius 1 is 1.21 bits per heavy atom. The van der Waals surface area contributed by atoms with Crippen molar-refractivity contribution in [2.75, 3.05) is 30.2 Å². The summed E-state index contributed by atoms with van der Waals surface area (Å²) in [7, 11) is -3.47. The predicted molar refractivity (Wildman–Crippen MR) is 98.0 cm³/mol. The zero-order chi connectivity index (χ0) is 17.7. The summed E-state index contributed by atoms with van der Waals surface area (Å²) >= 11 is 5.95. The molecule has 5 nitrogen and oxygen atoms in total. The Bertz CT molecular complexity index is 683. The maximum absolute atomic E-state index is 12.4. The minimum atomic E-state index is -3.47. The summed E-state index contributed by atoms with van der Waals surface area (Å²) in [5.41, 5.74) is 1.35. The van der Waals surface area contributed by atoms with Crippen LogP contribution in [0.3, 0.4) is 0 Å². The number of anilines is 1. The van der Waals surface area contributed by atoms with Crippen molar-refractivity contribution in [2.45, 2.75) is 39.0 Å². The van der Waals surface area contributed by atoms with Crippen molar-refractivity contribution in [3.05, 3.63) is 28.8 Å². The average Bonchev–Trinajstić information content (AvgIpc) is 2.77. The molecule has 0 saturated carbocycles. The third kappa shape index (κ3) is 5.11. The molecular formula is C17H25ClN2O3S. The Morgan fingerprint density at radius 2 is 1.83 bits per heavy atom. The van der Waals surface area contributed by atoms with E-state index in [9.17, 15) is 13.2 Å². The van der Waals surface area contributed by atoms with Crippen LogP contribution in [0.1, 0.15) is 37.7 Å². The standard InChI is InChI=1S/C17H25ClN2O3S/c1-14-13-15(18)7-8-16(14)20(24(2,22)23)12-9-17(21)19-10-5-3-4-6-11-19/h7-8,13H,3-6,9-12H2,1-2H3. The van der Waals surface area contributed by atoms with Crippen LogP contribution in [0.15, 0.2) is 18.2 Å². The van der Waals surface area contributed by atoms with Crippen LogP contribution in [0.5, 0.6) is 0 Å². The van der Waals surface area contributed by atoms with Gasteiger partial charge in [-0.2, -0.15) is 0 Å². The van der Waals surface area contributed by atoms with E-state index in [4.69, 9.17) is 11.6 Å². The molecule has 1 saturated heterocycles. The first kappa shape index (κ1) is 19.1. The van der Waals surface area contributed by atoms with Crippen LogP contribution < -0.4 is 4.31 Å². The molecule has 1 aliphatic rings. The molecule has 24 heavy (non-hydrogen) atoms. The Hall–Kier alpha value is -1.27. The number of hydrogen-bond acceptors (Lipinski definition) is 3. The van der Waals surface area contributed by atoms with Crippen LogP contribution in [0, 0.1) is 6.92 Å². The lowest BCUT2D eigenvalue weighted by molar-refractivity contribution is -0.130. The first-order chi connectivity index (χ1) is 11.3. The summed E-state index contributed by atoms with van der Waals surface area (Å²) in [4.78, 5) is 14.3. The van der Waals surface area contributed by atoms with Gasteiger partial charge in [0.2, 0.25) is 15.9 Å². The van der Waals surface area contributed by atoms with Gasteiger partial charge in [0.05, 0.1) is 11.9 Å². The van der Waals surface area contributed by atoms with Gasteiger partial charge in [0, 0.05) is 31.1 Å². The second-order valence-corrected chi connectivity index (χ2v) is 8.65. The number of benzene rings is 1. The van der Waals surface area contributed by atoms with Gasteiger partial charge in [0.15, 0.2) is 0 Å². The van der Waals surface area contributed by atoms with Crippen molar-refractivity contribution in [3.63, 3.8) is 0 Å². The van der Waals surface area contributed by atoms with E-state index in [-0.39, 0.29) is 18.9 Å². The van der Waals surface area contributed by atoms with Crippen LogP contribution in [-0.4, -0.2) is 45.1 Å². The number of nitrogens with zero attached hydrogens (tertiary/aromatic N) is 2. The van der Waals surface area contributed by atoms with Crippen LogP contribution in [0.25, 0.3) is 0 Å². The maximum Gasteiger partial charge on any atom is 0.232 e. The molecule has 1 aromatic carbocycles. The van der Waals surface area contributed by atoms with E-state index in [0.717, 1.165) is 50.6 Å². The first-order valence-corrected chi connectivity index (χ1v) is 10.5. The lowest BCUT2D eigenvalue weighted by Gasteiger charge is -2.26. The van der Waals surface area contributed by atoms with Gasteiger partial charge in [-0.05, 0) is 43.5 Å². The molecule has 0 N–H and O–H groups in total. The number of amides is 1. The number of aryl methyl sites for hydroxylation is 1. The zero-order valence-corrected chi connectivity index (χ0v) is 15.9. The Kier molecular flexibility index (Phi) is 6.52. The zero-order valence-electron chi connectivity index (χ0n) is 14.3. The van der Waals surface area contributed by atoms with Gasteiger partial charge in [-0.15, -0.1) is 0 Å². The molecule has 0 atom stereocenters. The van der Waals surface area contributed by atoms with Crippen molar-refractivity contribution in [2.24, 2.45) is 0 Å². The predicted octanol–water partition coefficient (Wildman–Crippen LogP) is 3.21. The number of sulfonamides is 1. The Morgan fingerprint density at radius 3 is 2.38 bits per heavy atom. The summed E-state index contributed by atoms with van der Waals surface area (Å²) in [6.45, 7) is 3.52. The highest BCUT2D eigenvalue weighted by atomic mass is 35.5. The molecule has 7 heteroatoms. The molecule has 0 unspecified atom stereocenters. The SMILES string of the molecule is Cc1cc(Cl)ccc1N(CCC(=O)N1CCCCCC1)S(C)(=O)=O. The molecule has 1 fully saturated rings. The molecule has 134 valence electrons. The summed E-state index contributed by atoms with van der Waals surface area (Å²) in [6, 6.07) is 5.08. The third-order valence-corrected chi connectivity index (χ3v) is 5.73. The van der Waals surface area contributed by atoms with E-state index >= 15 is 0 Å². The molecule has 0 spiro atoms. The lowest BCUT2D eigenvalue weighted by Crippen LogP contribution is -2.37. The maximum atomic E-state index is 12.4. The topological polar surface area (TPSA) is 57.7 Å². The fourth-order valence-electron chi connectivity index (χ4n) is 3.04. The van der Waals surface area contributed by atoms with E-state index < -0.39 is 10.0 Å². The quantitative estimate of drug-likeness (QED) is 0.797. The van der Waals surface area contributed by atoms with Gasteiger partial charge in [-0.25, -0.2) is 8.42 Å². The minimum Gasteiger partial charge on any atom is -0.343 e. The molecule has 0 bridgehead atoms. The molecule has 0 aliphatic carbocycles. The largest absolute Gasteiger partial charge is 0.343 e. The van der Waals surface area contributed by atoms with Crippen LogP contribution >= 0.6 is 11.6 Å². The van der Waals surface area contributed by atoms with Crippen molar-refractivity contribution in [3.8, 4) is 0 Å². The first-order valence-electron chi connectivity index (χ1n) is 8.30. The smallest absolute Gasteiger partial charge is 0.232 e. The minimum absolute atomic E-state index is 0.0252. The van der Waals surface area contributed by atoms with Crippen LogP contribution in [0.2, 0.25) is 5.02 Å². The van der Waals surface area contributed by atoms with E-state index in [2.05, 4.69) is 0 Å². The van der Waals surface area contributed by atoms with Gasteiger partial charge in [0.1, 0.15) is 0 Å².